The van der Waals surface area contributed by atoms with Gasteiger partial charge < -0.3 is 9.73 Å². The van der Waals surface area contributed by atoms with Crippen molar-refractivity contribution in [3.8, 4) is 0 Å². The van der Waals surface area contributed by atoms with Gasteiger partial charge in [-0.15, -0.1) is 10.2 Å². The van der Waals surface area contributed by atoms with Gasteiger partial charge in [-0.05, 0) is 6.08 Å². The maximum absolute atomic E-state index is 12.7. The van der Waals surface area contributed by atoms with Crippen LogP contribution in [0.4, 0.5) is 4.39 Å². The minimum absolute atomic E-state index is 0.200. The summed E-state index contributed by atoms with van der Waals surface area (Å²) in [6.07, 6.45) is 4.30. The molecule has 0 aromatic carbocycles. The maximum Gasteiger partial charge on any atom is 0.242 e. The number of hydrogen-bond donors (Lipinski definition) is 1. The molecule has 0 aliphatic carbocycles. The summed E-state index contributed by atoms with van der Waals surface area (Å²) < 4.78 is 18.1. The molecule has 1 aliphatic heterocycles. The van der Waals surface area contributed by atoms with Crippen LogP contribution in [0.2, 0.25) is 0 Å². The summed E-state index contributed by atoms with van der Waals surface area (Å²) in [7, 11) is 0. The largest absolute Gasteiger partial charge is 0.422 e. The van der Waals surface area contributed by atoms with Crippen molar-refractivity contribution >= 4 is 0 Å². The fourth-order valence-electron chi connectivity index (χ4n) is 1.22. The van der Waals surface area contributed by atoms with E-state index in [1.54, 1.807) is 6.08 Å². The molecule has 1 unspecified atom stereocenters. The number of dihydropyridines is 1. The molecule has 0 saturated carbocycles. The highest BCUT2D eigenvalue weighted by atomic mass is 19.1. The fraction of sp³-hybridized carbons (Fsp3) is 0.400. The molecule has 1 aliphatic rings. The predicted molar refractivity (Wildman–Crippen MR) is 52.6 cm³/mol. The van der Waals surface area contributed by atoms with Gasteiger partial charge in [0.2, 0.25) is 11.8 Å². The normalized spacial score (nSPS) is 20.3. The Morgan fingerprint density at radius 1 is 1.47 bits per heavy atom. The molecule has 2 heterocycles. The van der Waals surface area contributed by atoms with Crippen LogP contribution in [0.25, 0.3) is 0 Å². The van der Waals surface area contributed by atoms with Crippen molar-refractivity contribution in [1.29, 1.82) is 0 Å². The predicted octanol–water partition coefficient (Wildman–Crippen LogP) is 2.20. The van der Waals surface area contributed by atoms with Crippen LogP contribution in [0.1, 0.15) is 37.6 Å². The lowest BCUT2D eigenvalue weighted by Crippen LogP contribution is -2.16. The second-order valence-corrected chi connectivity index (χ2v) is 3.67. The quantitative estimate of drug-likeness (QED) is 0.811. The first-order chi connectivity index (χ1) is 7.16. The number of aromatic nitrogens is 2. The third-order valence-corrected chi connectivity index (χ3v) is 2.06. The van der Waals surface area contributed by atoms with Gasteiger partial charge in [0.1, 0.15) is 11.9 Å². The second-order valence-electron chi connectivity index (χ2n) is 3.67. The minimum atomic E-state index is -0.310. The molecule has 4 nitrogen and oxygen atoms in total. The molecule has 2 rings (SSSR count). The number of nitrogens with zero attached hydrogens (tertiary/aromatic N) is 2. The highest BCUT2D eigenvalue weighted by molar-refractivity contribution is 5.20. The molecular formula is C10H12FN3O. The SMILES string of the molecule is CC(C)c1nnc(C2C=CC(F)=CN2)o1. The first-order valence-corrected chi connectivity index (χ1v) is 4.80. The van der Waals surface area contributed by atoms with Gasteiger partial charge in [0.25, 0.3) is 0 Å². The number of hydrogen-bond acceptors (Lipinski definition) is 4. The average Bonchev–Trinajstić information content (AvgIpc) is 2.68. The van der Waals surface area contributed by atoms with Crippen molar-refractivity contribution in [2.45, 2.75) is 25.8 Å². The molecule has 0 radical (unpaired) electrons. The standard InChI is InChI=1S/C10H12FN3O/c1-6(2)9-13-14-10(15-9)8-4-3-7(11)5-12-8/h3-6,8,12H,1-2H3. The Kier molecular flexibility index (Phi) is 2.53. The Morgan fingerprint density at radius 2 is 2.27 bits per heavy atom. The van der Waals surface area contributed by atoms with Gasteiger partial charge in [-0.1, -0.05) is 19.9 Å². The molecular weight excluding hydrogens is 197 g/mol. The molecule has 15 heavy (non-hydrogen) atoms. The molecule has 0 fully saturated rings. The fourth-order valence-corrected chi connectivity index (χ4v) is 1.22. The van der Waals surface area contributed by atoms with Crippen LogP contribution in [0, 0.1) is 0 Å². The van der Waals surface area contributed by atoms with E-state index < -0.39 is 0 Å². The molecule has 0 spiro atoms. The van der Waals surface area contributed by atoms with E-state index in [0.717, 1.165) is 0 Å². The van der Waals surface area contributed by atoms with Crippen molar-refractivity contribution < 1.29 is 8.81 Å². The topological polar surface area (TPSA) is 51.0 Å². The highest BCUT2D eigenvalue weighted by Gasteiger charge is 2.18. The van der Waals surface area contributed by atoms with Crippen molar-refractivity contribution in [3.05, 3.63) is 36.0 Å². The molecule has 0 amide bonds. The number of halogens is 1. The maximum atomic E-state index is 12.7. The van der Waals surface area contributed by atoms with E-state index in [-0.39, 0.29) is 17.8 Å². The van der Waals surface area contributed by atoms with E-state index in [2.05, 4.69) is 15.5 Å². The van der Waals surface area contributed by atoms with Crippen molar-refractivity contribution in [1.82, 2.24) is 15.5 Å². The zero-order chi connectivity index (χ0) is 10.8. The Labute approximate surface area is 86.9 Å². The van der Waals surface area contributed by atoms with Gasteiger partial charge in [0.05, 0.1) is 0 Å². The zero-order valence-corrected chi connectivity index (χ0v) is 8.57. The van der Waals surface area contributed by atoms with E-state index in [4.69, 9.17) is 4.42 Å². The van der Waals surface area contributed by atoms with E-state index in [0.29, 0.717) is 11.8 Å². The van der Waals surface area contributed by atoms with Gasteiger partial charge >= 0.3 is 0 Å². The summed E-state index contributed by atoms with van der Waals surface area (Å²) in [5, 5.41) is 10.6. The molecule has 1 aromatic heterocycles. The highest BCUT2D eigenvalue weighted by Crippen LogP contribution is 2.20. The van der Waals surface area contributed by atoms with Crippen molar-refractivity contribution in [2.24, 2.45) is 0 Å². The van der Waals surface area contributed by atoms with Gasteiger partial charge in [-0.2, -0.15) is 0 Å². The third-order valence-electron chi connectivity index (χ3n) is 2.06. The molecule has 5 heteroatoms. The number of nitrogens with one attached hydrogen (secondary N) is 1. The molecule has 0 saturated heterocycles. The monoisotopic (exact) mass is 209 g/mol. The van der Waals surface area contributed by atoms with E-state index in [1.807, 2.05) is 13.8 Å². The van der Waals surface area contributed by atoms with Crippen molar-refractivity contribution in [3.63, 3.8) is 0 Å². The molecule has 1 N–H and O–H groups in total. The summed E-state index contributed by atoms with van der Waals surface area (Å²) in [6, 6.07) is -0.232. The Hall–Kier alpha value is -1.65. The van der Waals surface area contributed by atoms with Crippen LogP contribution in [0.5, 0.6) is 0 Å². The van der Waals surface area contributed by atoms with Crippen LogP contribution in [0.3, 0.4) is 0 Å². The van der Waals surface area contributed by atoms with Crippen LogP contribution >= 0.6 is 0 Å². The van der Waals surface area contributed by atoms with Gasteiger partial charge in [-0.25, -0.2) is 4.39 Å². The first kappa shape index (κ1) is 9.89. The Balaban J connectivity index is 2.14. The minimum Gasteiger partial charge on any atom is -0.422 e. The van der Waals surface area contributed by atoms with E-state index in [9.17, 15) is 4.39 Å². The Morgan fingerprint density at radius 3 is 2.80 bits per heavy atom. The smallest absolute Gasteiger partial charge is 0.242 e. The summed E-state index contributed by atoms with van der Waals surface area (Å²) in [5.41, 5.74) is 0. The zero-order valence-electron chi connectivity index (χ0n) is 8.57. The molecule has 80 valence electrons. The molecule has 0 bridgehead atoms. The third kappa shape index (κ3) is 2.06. The number of rotatable bonds is 2. The molecule has 1 atom stereocenters. The summed E-state index contributed by atoms with van der Waals surface area (Å²) in [6.45, 7) is 3.95. The van der Waals surface area contributed by atoms with Gasteiger partial charge in [-0.3, -0.25) is 0 Å². The van der Waals surface area contributed by atoms with Crippen LogP contribution in [0.15, 0.2) is 28.6 Å². The van der Waals surface area contributed by atoms with Crippen LogP contribution in [-0.2, 0) is 0 Å². The Bertz CT molecular complexity index is 409. The van der Waals surface area contributed by atoms with E-state index >= 15 is 0 Å². The van der Waals surface area contributed by atoms with Crippen LogP contribution in [-0.4, -0.2) is 10.2 Å². The van der Waals surface area contributed by atoms with Crippen molar-refractivity contribution in [2.75, 3.05) is 0 Å². The first-order valence-electron chi connectivity index (χ1n) is 4.80. The lowest BCUT2D eigenvalue weighted by Gasteiger charge is -2.11. The summed E-state index contributed by atoms with van der Waals surface area (Å²) in [4.78, 5) is 0. The molecule has 1 aromatic rings. The van der Waals surface area contributed by atoms with E-state index in [1.165, 1.54) is 12.3 Å². The lowest BCUT2D eigenvalue weighted by atomic mass is 10.2. The van der Waals surface area contributed by atoms with Gasteiger partial charge in [0, 0.05) is 12.1 Å². The summed E-state index contributed by atoms with van der Waals surface area (Å²) >= 11 is 0. The summed E-state index contributed by atoms with van der Waals surface area (Å²) in [5.74, 6) is 0.940. The van der Waals surface area contributed by atoms with Crippen LogP contribution < -0.4 is 5.32 Å². The van der Waals surface area contributed by atoms with Gasteiger partial charge in [0.15, 0.2) is 0 Å². The second kappa shape index (κ2) is 3.84. The average molecular weight is 209 g/mol. The number of allylic oxidation sites excluding steroid dienone is 2. The lowest BCUT2D eigenvalue weighted by molar-refractivity contribution is 0.407.